The van der Waals surface area contributed by atoms with Crippen molar-refractivity contribution in [2.24, 2.45) is 0 Å². The van der Waals surface area contributed by atoms with Crippen molar-refractivity contribution >= 4 is 15.9 Å². The van der Waals surface area contributed by atoms with Gasteiger partial charge in [-0.3, -0.25) is 4.90 Å². The Hall–Kier alpha value is -1.32. The van der Waals surface area contributed by atoms with Gasteiger partial charge in [-0.1, -0.05) is 46.3 Å². The molecule has 2 atom stereocenters. The van der Waals surface area contributed by atoms with Crippen LogP contribution in [0.5, 0.6) is 5.75 Å². The molecule has 0 N–H and O–H groups in total. The standard InChI is InChI=1S/C16H16BrNO/c17-14-8-6-13(7-9-14)10-18-11-15(18)12-19-16-4-2-1-3-5-16/h1-9,15H,10-12H2. The molecular weight excluding hydrogens is 302 g/mol. The Labute approximate surface area is 122 Å². The molecule has 2 aromatic carbocycles. The Morgan fingerprint density at radius 3 is 2.53 bits per heavy atom. The summed E-state index contributed by atoms with van der Waals surface area (Å²) in [5.41, 5.74) is 1.35. The molecule has 1 heterocycles. The lowest BCUT2D eigenvalue weighted by Gasteiger charge is -2.07. The molecular formula is C16H16BrNO. The summed E-state index contributed by atoms with van der Waals surface area (Å²) in [6.07, 6.45) is 0. The number of rotatable bonds is 5. The lowest BCUT2D eigenvalue weighted by molar-refractivity contribution is 0.293. The van der Waals surface area contributed by atoms with Gasteiger partial charge in [-0.25, -0.2) is 0 Å². The number of hydrogen-bond donors (Lipinski definition) is 0. The second-order valence-electron chi connectivity index (χ2n) is 4.83. The van der Waals surface area contributed by atoms with E-state index in [1.807, 2.05) is 30.3 Å². The molecule has 98 valence electrons. The molecule has 3 heteroatoms. The van der Waals surface area contributed by atoms with Crippen LogP contribution in [0, 0.1) is 0 Å². The zero-order valence-corrected chi connectivity index (χ0v) is 12.2. The summed E-state index contributed by atoms with van der Waals surface area (Å²) in [6.45, 7) is 2.92. The Bertz CT molecular complexity index is 526. The minimum atomic E-state index is 0.559. The van der Waals surface area contributed by atoms with Crippen LogP contribution in [0.25, 0.3) is 0 Å². The van der Waals surface area contributed by atoms with Gasteiger partial charge in [-0.15, -0.1) is 0 Å². The summed E-state index contributed by atoms with van der Waals surface area (Å²) < 4.78 is 6.90. The molecule has 1 fully saturated rings. The normalized spacial score (nSPS) is 21.1. The Morgan fingerprint density at radius 2 is 1.79 bits per heavy atom. The maximum Gasteiger partial charge on any atom is 0.119 e. The zero-order valence-electron chi connectivity index (χ0n) is 10.6. The van der Waals surface area contributed by atoms with Crippen molar-refractivity contribution < 1.29 is 4.74 Å². The van der Waals surface area contributed by atoms with Crippen molar-refractivity contribution in [3.63, 3.8) is 0 Å². The maximum atomic E-state index is 5.77. The summed E-state index contributed by atoms with van der Waals surface area (Å²) in [5, 5.41) is 0. The van der Waals surface area contributed by atoms with Gasteiger partial charge in [0.15, 0.2) is 0 Å². The second-order valence-corrected chi connectivity index (χ2v) is 5.75. The van der Waals surface area contributed by atoms with Crippen LogP contribution in [-0.4, -0.2) is 24.1 Å². The predicted molar refractivity (Wildman–Crippen MR) is 80.3 cm³/mol. The van der Waals surface area contributed by atoms with Crippen molar-refractivity contribution in [2.75, 3.05) is 13.2 Å². The SMILES string of the molecule is Brc1ccc(CN2CC2COc2ccccc2)cc1. The molecule has 0 saturated carbocycles. The number of halogens is 1. The minimum Gasteiger partial charge on any atom is -0.492 e. The average Bonchev–Trinajstić information content (AvgIpc) is 3.19. The van der Waals surface area contributed by atoms with Crippen LogP contribution in [-0.2, 0) is 6.54 Å². The van der Waals surface area contributed by atoms with E-state index in [2.05, 4.69) is 45.1 Å². The fourth-order valence-corrected chi connectivity index (χ4v) is 2.37. The Kier molecular flexibility index (Phi) is 3.85. The van der Waals surface area contributed by atoms with E-state index in [0.717, 1.165) is 29.9 Å². The van der Waals surface area contributed by atoms with Crippen LogP contribution in [0.15, 0.2) is 59.1 Å². The molecule has 2 nitrogen and oxygen atoms in total. The van der Waals surface area contributed by atoms with Gasteiger partial charge < -0.3 is 4.74 Å². The first-order valence-corrected chi connectivity index (χ1v) is 7.27. The molecule has 1 aliphatic rings. The van der Waals surface area contributed by atoms with Crippen molar-refractivity contribution in [2.45, 2.75) is 12.6 Å². The van der Waals surface area contributed by atoms with E-state index in [-0.39, 0.29) is 0 Å². The third kappa shape index (κ3) is 3.58. The van der Waals surface area contributed by atoms with E-state index >= 15 is 0 Å². The van der Waals surface area contributed by atoms with E-state index < -0.39 is 0 Å². The highest BCUT2D eigenvalue weighted by Gasteiger charge is 2.34. The quantitative estimate of drug-likeness (QED) is 0.779. The van der Waals surface area contributed by atoms with E-state index in [1.54, 1.807) is 0 Å². The topological polar surface area (TPSA) is 12.2 Å². The number of benzene rings is 2. The molecule has 2 aromatic rings. The molecule has 0 radical (unpaired) electrons. The molecule has 1 saturated heterocycles. The first-order chi connectivity index (χ1) is 9.31. The Morgan fingerprint density at radius 1 is 1.05 bits per heavy atom. The molecule has 2 unspecified atom stereocenters. The van der Waals surface area contributed by atoms with Crippen LogP contribution in [0.2, 0.25) is 0 Å². The predicted octanol–water partition coefficient (Wildman–Crippen LogP) is 3.71. The van der Waals surface area contributed by atoms with Crippen LogP contribution in [0.4, 0.5) is 0 Å². The van der Waals surface area contributed by atoms with E-state index in [9.17, 15) is 0 Å². The molecule has 0 amide bonds. The highest BCUT2D eigenvalue weighted by molar-refractivity contribution is 9.10. The van der Waals surface area contributed by atoms with Gasteiger partial charge in [0.1, 0.15) is 12.4 Å². The van der Waals surface area contributed by atoms with Crippen molar-refractivity contribution in [3.8, 4) is 5.75 Å². The van der Waals surface area contributed by atoms with Gasteiger partial charge in [-0.05, 0) is 29.8 Å². The molecule has 0 spiro atoms. The largest absolute Gasteiger partial charge is 0.492 e. The molecule has 1 aliphatic heterocycles. The molecule has 0 bridgehead atoms. The van der Waals surface area contributed by atoms with Crippen LogP contribution < -0.4 is 4.74 Å². The highest BCUT2D eigenvalue weighted by Crippen LogP contribution is 2.23. The molecule has 0 aromatic heterocycles. The number of para-hydroxylation sites is 1. The molecule has 19 heavy (non-hydrogen) atoms. The monoisotopic (exact) mass is 317 g/mol. The van der Waals surface area contributed by atoms with Crippen molar-refractivity contribution in [3.05, 3.63) is 64.6 Å². The summed E-state index contributed by atoms with van der Waals surface area (Å²) in [6, 6.07) is 19.1. The third-order valence-corrected chi connectivity index (χ3v) is 3.84. The van der Waals surface area contributed by atoms with Gasteiger partial charge in [0.2, 0.25) is 0 Å². The van der Waals surface area contributed by atoms with Crippen LogP contribution in [0.3, 0.4) is 0 Å². The molecule has 3 rings (SSSR count). The van der Waals surface area contributed by atoms with Crippen molar-refractivity contribution in [1.82, 2.24) is 4.90 Å². The number of ether oxygens (including phenoxy) is 1. The lowest BCUT2D eigenvalue weighted by Crippen LogP contribution is -2.10. The number of nitrogens with zero attached hydrogens (tertiary/aromatic N) is 1. The van der Waals surface area contributed by atoms with Gasteiger partial charge in [0, 0.05) is 17.6 Å². The van der Waals surface area contributed by atoms with E-state index in [0.29, 0.717) is 6.04 Å². The van der Waals surface area contributed by atoms with E-state index in [1.165, 1.54) is 5.56 Å². The second kappa shape index (κ2) is 5.76. The van der Waals surface area contributed by atoms with Crippen LogP contribution >= 0.6 is 15.9 Å². The fraction of sp³-hybridized carbons (Fsp3) is 0.250. The van der Waals surface area contributed by atoms with Gasteiger partial charge in [0.25, 0.3) is 0 Å². The van der Waals surface area contributed by atoms with Crippen LogP contribution in [0.1, 0.15) is 5.56 Å². The van der Waals surface area contributed by atoms with Gasteiger partial charge in [0.05, 0.1) is 6.04 Å². The first kappa shape index (κ1) is 12.7. The highest BCUT2D eigenvalue weighted by atomic mass is 79.9. The number of hydrogen-bond acceptors (Lipinski definition) is 2. The fourth-order valence-electron chi connectivity index (χ4n) is 2.11. The summed E-state index contributed by atoms with van der Waals surface area (Å²) in [5.74, 6) is 0.956. The maximum absolute atomic E-state index is 5.77. The zero-order chi connectivity index (χ0) is 13.1. The summed E-state index contributed by atoms with van der Waals surface area (Å²) in [7, 11) is 0. The molecule has 0 aliphatic carbocycles. The Balaban J connectivity index is 1.45. The lowest BCUT2D eigenvalue weighted by atomic mass is 10.2. The van der Waals surface area contributed by atoms with Crippen molar-refractivity contribution in [1.29, 1.82) is 0 Å². The van der Waals surface area contributed by atoms with Gasteiger partial charge >= 0.3 is 0 Å². The third-order valence-electron chi connectivity index (χ3n) is 3.31. The summed E-state index contributed by atoms with van der Waals surface area (Å²) in [4.78, 5) is 2.42. The summed E-state index contributed by atoms with van der Waals surface area (Å²) >= 11 is 3.46. The first-order valence-electron chi connectivity index (χ1n) is 6.47. The smallest absolute Gasteiger partial charge is 0.119 e. The van der Waals surface area contributed by atoms with E-state index in [4.69, 9.17) is 4.74 Å². The average molecular weight is 318 g/mol. The van der Waals surface area contributed by atoms with Gasteiger partial charge in [-0.2, -0.15) is 0 Å². The minimum absolute atomic E-state index is 0.559.